The largest absolute Gasteiger partial charge is 0.370 e. The second kappa shape index (κ2) is 6.05. The highest BCUT2D eigenvalue weighted by Gasteiger charge is 2.20. The van der Waals surface area contributed by atoms with Crippen molar-refractivity contribution in [3.8, 4) is 0 Å². The number of nitrogens with one attached hydrogen (secondary N) is 1. The van der Waals surface area contributed by atoms with Crippen LogP contribution in [0.25, 0.3) is 10.9 Å². The van der Waals surface area contributed by atoms with Crippen LogP contribution in [0.5, 0.6) is 0 Å². The van der Waals surface area contributed by atoms with Crippen molar-refractivity contribution in [1.29, 1.82) is 0 Å². The van der Waals surface area contributed by atoms with E-state index in [0.717, 1.165) is 24.3 Å². The van der Waals surface area contributed by atoms with Crippen LogP contribution in [0.2, 0.25) is 0 Å². The van der Waals surface area contributed by atoms with Gasteiger partial charge in [-0.05, 0) is 41.5 Å². The highest BCUT2D eigenvalue weighted by Crippen LogP contribution is 2.32. The van der Waals surface area contributed by atoms with Gasteiger partial charge < -0.3 is 5.32 Å². The average Bonchev–Trinajstić information content (AvgIpc) is 2.42. The summed E-state index contributed by atoms with van der Waals surface area (Å²) < 4.78 is 0. The molecule has 0 bridgehead atoms. The minimum Gasteiger partial charge on any atom is -0.370 e. The van der Waals surface area contributed by atoms with Crippen LogP contribution in [0.15, 0.2) is 24.3 Å². The SMILES string of the molecule is CCCNc1nc2ccc(C(C)C)cc2cc1C(C)(C)C. The third kappa shape index (κ3) is 3.55. The number of benzene rings is 1. The summed E-state index contributed by atoms with van der Waals surface area (Å²) in [6.07, 6.45) is 1.11. The standard InChI is InChI=1S/C19H28N2/c1-7-10-20-18-16(19(4,5)6)12-15-11-14(13(2)3)8-9-17(15)21-18/h8-9,11-13H,7,10H2,1-6H3,(H,20,21). The van der Waals surface area contributed by atoms with E-state index in [4.69, 9.17) is 4.98 Å². The molecule has 2 nitrogen and oxygen atoms in total. The number of hydrogen-bond donors (Lipinski definition) is 1. The van der Waals surface area contributed by atoms with Crippen LogP contribution in [0, 0.1) is 0 Å². The van der Waals surface area contributed by atoms with Crippen LogP contribution < -0.4 is 5.32 Å². The number of aromatic nitrogens is 1. The highest BCUT2D eigenvalue weighted by atomic mass is 15.0. The zero-order valence-corrected chi connectivity index (χ0v) is 14.2. The van der Waals surface area contributed by atoms with Crippen LogP contribution in [0.4, 0.5) is 5.82 Å². The van der Waals surface area contributed by atoms with E-state index in [1.165, 1.54) is 16.5 Å². The van der Waals surface area contributed by atoms with Gasteiger partial charge in [-0.3, -0.25) is 0 Å². The molecule has 1 aromatic heterocycles. The minimum absolute atomic E-state index is 0.0884. The first-order valence-electron chi connectivity index (χ1n) is 8.02. The molecule has 0 aliphatic heterocycles. The summed E-state index contributed by atoms with van der Waals surface area (Å²) in [5.41, 5.74) is 3.83. The molecule has 1 N–H and O–H groups in total. The zero-order chi connectivity index (χ0) is 15.6. The molecule has 114 valence electrons. The van der Waals surface area contributed by atoms with Crippen molar-refractivity contribution in [3.63, 3.8) is 0 Å². The number of pyridine rings is 1. The first-order chi connectivity index (χ1) is 9.82. The average molecular weight is 284 g/mol. The molecule has 0 saturated heterocycles. The molecule has 0 unspecified atom stereocenters. The van der Waals surface area contributed by atoms with Gasteiger partial charge in [-0.2, -0.15) is 0 Å². The normalized spacial score (nSPS) is 12.1. The molecule has 2 aromatic rings. The molecule has 1 aromatic carbocycles. The third-order valence-corrected chi connectivity index (χ3v) is 3.86. The van der Waals surface area contributed by atoms with E-state index in [9.17, 15) is 0 Å². The van der Waals surface area contributed by atoms with Crippen LogP contribution in [0.1, 0.15) is 65.0 Å². The lowest BCUT2D eigenvalue weighted by molar-refractivity contribution is 0.590. The zero-order valence-electron chi connectivity index (χ0n) is 14.2. The monoisotopic (exact) mass is 284 g/mol. The maximum atomic E-state index is 4.87. The first-order valence-corrected chi connectivity index (χ1v) is 8.02. The Hall–Kier alpha value is -1.57. The molecular weight excluding hydrogens is 256 g/mol. The van der Waals surface area contributed by atoms with Crippen molar-refractivity contribution in [1.82, 2.24) is 4.98 Å². The van der Waals surface area contributed by atoms with E-state index in [-0.39, 0.29) is 5.41 Å². The van der Waals surface area contributed by atoms with Gasteiger partial charge in [-0.15, -0.1) is 0 Å². The molecular formula is C19H28N2. The quantitative estimate of drug-likeness (QED) is 0.804. The number of rotatable bonds is 4. The lowest BCUT2D eigenvalue weighted by Gasteiger charge is -2.23. The fourth-order valence-electron chi connectivity index (χ4n) is 2.50. The Balaban J connectivity index is 2.59. The van der Waals surface area contributed by atoms with Gasteiger partial charge in [0, 0.05) is 17.5 Å². The summed E-state index contributed by atoms with van der Waals surface area (Å²) in [6, 6.07) is 8.94. The smallest absolute Gasteiger partial charge is 0.130 e. The molecule has 2 rings (SSSR count). The van der Waals surface area contributed by atoms with Crippen molar-refractivity contribution < 1.29 is 0 Å². The molecule has 0 saturated carbocycles. The fourth-order valence-corrected chi connectivity index (χ4v) is 2.50. The predicted octanol–water partition coefficient (Wildman–Crippen LogP) is 5.48. The summed E-state index contributed by atoms with van der Waals surface area (Å²) >= 11 is 0. The fraction of sp³-hybridized carbons (Fsp3) is 0.526. The lowest BCUT2D eigenvalue weighted by Crippen LogP contribution is -2.16. The van der Waals surface area contributed by atoms with Crippen LogP contribution in [0.3, 0.4) is 0 Å². The second-order valence-corrected chi connectivity index (χ2v) is 7.17. The van der Waals surface area contributed by atoms with Crippen molar-refractivity contribution in [2.24, 2.45) is 0 Å². The molecule has 0 radical (unpaired) electrons. The summed E-state index contributed by atoms with van der Waals surface area (Å²) in [5.74, 6) is 1.58. The Bertz CT molecular complexity index is 621. The molecule has 0 spiro atoms. The van der Waals surface area contributed by atoms with Gasteiger partial charge in [0.1, 0.15) is 5.82 Å². The Morgan fingerprint density at radius 3 is 2.43 bits per heavy atom. The Kier molecular flexibility index (Phi) is 4.55. The minimum atomic E-state index is 0.0884. The van der Waals surface area contributed by atoms with Crippen LogP contribution in [-0.2, 0) is 5.41 Å². The van der Waals surface area contributed by atoms with Gasteiger partial charge in [0.15, 0.2) is 0 Å². The molecule has 0 aliphatic rings. The summed E-state index contributed by atoms with van der Waals surface area (Å²) in [7, 11) is 0. The third-order valence-electron chi connectivity index (χ3n) is 3.86. The molecule has 0 fully saturated rings. The van der Waals surface area contributed by atoms with E-state index >= 15 is 0 Å². The second-order valence-electron chi connectivity index (χ2n) is 7.17. The van der Waals surface area contributed by atoms with Crippen LogP contribution >= 0.6 is 0 Å². The van der Waals surface area contributed by atoms with Crippen molar-refractivity contribution >= 4 is 16.7 Å². The van der Waals surface area contributed by atoms with Gasteiger partial charge in [0.05, 0.1) is 5.52 Å². The number of nitrogens with zero attached hydrogens (tertiary/aromatic N) is 1. The van der Waals surface area contributed by atoms with Gasteiger partial charge in [0.25, 0.3) is 0 Å². The first kappa shape index (κ1) is 15.8. The molecule has 21 heavy (non-hydrogen) atoms. The van der Waals surface area contributed by atoms with Gasteiger partial charge in [-0.1, -0.05) is 47.6 Å². The Morgan fingerprint density at radius 2 is 1.86 bits per heavy atom. The van der Waals surface area contributed by atoms with Crippen LogP contribution in [-0.4, -0.2) is 11.5 Å². The van der Waals surface area contributed by atoms with Gasteiger partial charge >= 0.3 is 0 Å². The Morgan fingerprint density at radius 1 is 1.14 bits per heavy atom. The molecule has 0 amide bonds. The van der Waals surface area contributed by atoms with E-state index in [1.54, 1.807) is 0 Å². The topological polar surface area (TPSA) is 24.9 Å². The summed E-state index contributed by atoms with van der Waals surface area (Å²) in [6.45, 7) is 14.4. The lowest BCUT2D eigenvalue weighted by atomic mass is 9.86. The van der Waals surface area contributed by atoms with Crippen molar-refractivity contribution in [2.45, 2.75) is 59.3 Å². The maximum absolute atomic E-state index is 4.87. The molecule has 0 aliphatic carbocycles. The van der Waals surface area contributed by atoms with E-state index in [0.29, 0.717) is 5.92 Å². The number of anilines is 1. The summed E-state index contributed by atoms with van der Waals surface area (Å²) in [4.78, 5) is 4.87. The van der Waals surface area contributed by atoms with Crippen molar-refractivity contribution in [2.75, 3.05) is 11.9 Å². The number of hydrogen-bond acceptors (Lipinski definition) is 2. The molecule has 2 heteroatoms. The Labute approximate surface area is 129 Å². The van der Waals surface area contributed by atoms with E-state index < -0.39 is 0 Å². The molecule has 0 atom stereocenters. The maximum Gasteiger partial charge on any atom is 0.130 e. The number of fused-ring (bicyclic) bond motifs is 1. The predicted molar refractivity (Wildman–Crippen MR) is 93.3 cm³/mol. The summed E-state index contributed by atoms with van der Waals surface area (Å²) in [5, 5.41) is 4.73. The highest BCUT2D eigenvalue weighted by molar-refractivity contribution is 5.83. The van der Waals surface area contributed by atoms with E-state index in [2.05, 4.69) is 71.1 Å². The van der Waals surface area contributed by atoms with E-state index in [1.807, 2.05) is 0 Å². The van der Waals surface area contributed by atoms with Gasteiger partial charge in [0.2, 0.25) is 0 Å². The van der Waals surface area contributed by atoms with Crippen molar-refractivity contribution in [3.05, 3.63) is 35.4 Å². The van der Waals surface area contributed by atoms with Gasteiger partial charge in [-0.25, -0.2) is 4.98 Å². The molecule has 1 heterocycles.